The average molecular weight is 348 g/mol. The van der Waals surface area contributed by atoms with Crippen LogP contribution in [0.4, 0.5) is 0 Å². The van der Waals surface area contributed by atoms with Crippen LogP contribution in [0.2, 0.25) is 0 Å². The van der Waals surface area contributed by atoms with Crippen molar-refractivity contribution < 1.29 is 20.1 Å². The molecule has 0 spiro atoms. The summed E-state index contributed by atoms with van der Waals surface area (Å²) in [6, 6.07) is 0. The summed E-state index contributed by atoms with van der Waals surface area (Å²) in [6.45, 7) is 4.70. The molecule has 0 aromatic carbocycles. The monoisotopic (exact) mass is 348 g/mol. The highest BCUT2D eigenvalue weighted by Crippen LogP contribution is 2.67. The van der Waals surface area contributed by atoms with Gasteiger partial charge in [0.15, 0.2) is 5.78 Å². The van der Waals surface area contributed by atoms with Gasteiger partial charge in [0.25, 0.3) is 5.97 Å². The number of hydrogen-bond donors (Lipinski definition) is 3. The standard InChI is InChI=1S/C21H32O4/c1-19-9-7-15(22)11-13(19)3-5-16-17-6-4-14(12-21(23,24)25)20(17,2)10-8-18(16)19/h11,14,16-18,23-25H,3-10,12H2,1-2H3. The van der Waals surface area contributed by atoms with Crippen LogP contribution in [0, 0.1) is 34.5 Å². The Morgan fingerprint density at radius 3 is 2.52 bits per heavy atom. The first-order valence-electron chi connectivity index (χ1n) is 10.0. The number of ketones is 1. The van der Waals surface area contributed by atoms with Crippen LogP contribution < -0.4 is 0 Å². The molecule has 0 aromatic rings. The van der Waals surface area contributed by atoms with Crippen LogP contribution in [0.1, 0.15) is 71.6 Å². The first kappa shape index (κ1) is 17.7. The third-order valence-electron chi connectivity index (χ3n) is 8.68. The first-order valence-corrected chi connectivity index (χ1v) is 10.0. The zero-order valence-corrected chi connectivity index (χ0v) is 15.5. The second-order valence-electron chi connectivity index (χ2n) is 9.77. The van der Waals surface area contributed by atoms with Gasteiger partial charge < -0.3 is 15.3 Å². The second kappa shape index (κ2) is 5.64. The highest BCUT2D eigenvalue weighted by Gasteiger charge is 2.59. The van der Waals surface area contributed by atoms with E-state index in [9.17, 15) is 20.1 Å². The van der Waals surface area contributed by atoms with Gasteiger partial charge in [0.1, 0.15) is 0 Å². The molecule has 0 radical (unpaired) electrons. The molecule has 0 heterocycles. The molecule has 6 atom stereocenters. The fraction of sp³-hybridized carbons (Fsp3) is 0.857. The highest BCUT2D eigenvalue weighted by molar-refractivity contribution is 5.91. The number of carbonyl (C=O) groups excluding carboxylic acids is 1. The van der Waals surface area contributed by atoms with Crippen molar-refractivity contribution in [3.05, 3.63) is 11.6 Å². The molecule has 0 aromatic heterocycles. The van der Waals surface area contributed by atoms with Crippen molar-refractivity contribution in [2.75, 3.05) is 0 Å². The van der Waals surface area contributed by atoms with Gasteiger partial charge >= 0.3 is 0 Å². The minimum Gasteiger partial charge on any atom is -0.344 e. The van der Waals surface area contributed by atoms with Crippen molar-refractivity contribution in [2.24, 2.45) is 34.5 Å². The zero-order chi connectivity index (χ0) is 18.0. The summed E-state index contributed by atoms with van der Waals surface area (Å²) >= 11 is 0. The Kier molecular flexibility index (Phi) is 3.99. The predicted octanol–water partition coefficient (Wildman–Crippen LogP) is 3.16. The lowest BCUT2D eigenvalue weighted by atomic mass is 9.46. The molecule has 0 saturated heterocycles. The molecule has 0 amide bonds. The van der Waals surface area contributed by atoms with E-state index < -0.39 is 5.97 Å². The predicted molar refractivity (Wildman–Crippen MR) is 94.2 cm³/mol. The van der Waals surface area contributed by atoms with Gasteiger partial charge in [-0.1, -0.05) is 19.4 Å². The van der Waals surface area contributed by atoms with Crippen LogP contribution in [-0.4, -0.2) is 27.1 Å². The molecule has 4 aliphatic rings. The Hall–Kier alpha value is -0.710. The van der Waals surface area contributed by atoms with Gasteiger partial charge in [-0.3, -0.25) is 4.79 Å². The molecule has 25 heavy (non-hydrogen) atoms. The van der Waals surface area contributed by atoms with E-state index in [4.69, 9.17) is 0 Å². The summed E-state index contributed by atoms with van der Waals surface area (Å²) in [7, 11) is 0. The Labute approximate surface area is 150 Å². The minimum atomic E-state index is -2.54. The quantitative estimate of drug-likeness (QED) is 0.670. The molecule has 0 aliphatic heterocycles. The number of hydrogen-bond acceptors (Lipinski definition) is 4. The average Bonchev–Trinajstić information content (AvgIpc) is 2.83. The number of carbonyl (C=O) groups is 1. The van der Waals surface area contributed by atoms with Crippen molar-refractivity contribution >= 4 is 5.78 Å². The maximum Gasteiger partial charge on any atom is 0.275 e. The van der Waals surface area contributed by atoms with Crippen LogP contribution in [0.15, 0.2) is 11.6 Å². The first-order chi connectivity index (χ1) is 11.6. The van der Waals surface area contributed by atoms with Crippen molar-refractivity contribution in [1.29, 1.82) is 0 Å². The number of fused-ring (bicyclic) bond motifs is 5. The maximum absolute atomic E-state index is 11.9. The summed E-state index contributed by atoms with van der Waals surface area (Å²) < 4.78 is 0. The lowest BCUT2D eigenvalue weighted by Gasteiger charge is -2.58. The van der Waals surface area contributed by atoms with Gasteiger partial charge in [-0.2, -0.15) is 0 Å². The van der Waals surface area contributed by atoms with E-state index in [2.05, 4.69) is 13.8 Å². The van der Waals surface area contributed by atoms with E-state index in [0.717, 1.165) is 44.9 Å². The topological polar surface area (TPSA) is 77.8 Å². The molecule has 4 nitrogen and oxygen atoms in total. The van der Waals surface area contributed by atoms with Crippen LogP contribution >= 0.6 is 0 Å². The van der Waals surface area contributed by atoms with E-state index in [1.807, 2.05) is 6.08 Å². The molecule has 3 N–H and O–H groups in total. The molecule has 3 saturated carbocycles. The van der Waals surface area contributed by atoms with E-state index in [-0.39, 0.29) is 23.2 Å². The summed E-state index contributed by atoms with van der Waals surface area (Å²) in [5.41, 5.74) is 1.68. The molecule has 140 valence electrons. The van der Waals surface area contributed by atoms with E-state index in [1.165, 1.54) is 5.57 Å². The second-order valence-corrected chi connectivity index (χ2v) is 9.77. The number of aliphatic hydroxyl groups is 3. The number of rotatable bonds is 2. The van der Waals surface area contributed by atoms with Crippen LogP contribution in [0.25, 0.3) is 0 Å². The Morgan fingerprint density at radius 1 is 1.04 bits per heavy atom. The Morgan fingerprint density at radius 2 is 1.80 bits per heavy atom. The van der Waals surface area contributed by atoms with Crippen molar-refractivity contribution in [2.45, 2.75) is 77.6 Å². The Balaban J connectivity index is 1.60. The van der Waals surface area contributed by atoms with Gasteiger partial charge in [-0.05, 0) is 85.5 Å². The molecular weight excluding hydrogens is 316 g/mol. The molecule has 6 unspecified atom stereocenters. The van der Waals surface area contributed by atoms with Gasteiger partial charge in [0.2, 0.25) is 0 Å². The summed E-state index contributed by atoms with van der Waals surface area (Å²) in [6.07, 6.45) is 10.3. The highest BCUT2D eigenvalue weighted by atomic mass is 16.7. The Bertz CT molecular complexity index is 604. The third-order valence-corrected chi connectivity index (χ3v) is 8.68. The van der Waals surface area contributed by atoms with Crippen LogP contribution in [0.3, 0.4) is 0 Å². The summed E-state index contributed by atoms with van der Waals surface area (Å²) in [5.74, 6) is -0.134. The zero-order valence-electron chi connectivity index (χ0n) is 15.5. The maximum atomic E-state index is 11.9. The summed E-state index contributed by atoms with van der Waals surface area (Å²) in [5, 5.41) is 28.5. The lowest BCUT2D eigenvalue weighted by molar-refractivity contribution is -0.323. The fourth-order valence-corrected chi connectivity index (χ4v) is 7.33. The van der Waals surface area contributed by atoms with Gasteiger partial charge in [-0.25, -0.2) is 0 Å². The van der Waals surface area contributed by atoms with E-state index in [1.54, 1.807) is 0 Å². The van der Waals surface area contributed by atoms with Crippen LogP contribution in [-0.2, 0) is 4.79 Å². The lowest BCUT2D eigenvalue weighted by Crippen LogP contribution is -2.51. The third kappa shape index (κ3) is 2.72. The molecule has 4 aliphatic carbocycles. The molecular formula is C21H32O4. The minimum absolute atomic E-state index is 0.0638. The molecule has 0 bridgehead atoms. The molecule has 4 heteroatoms. The smallest absolute Gasteiger partial charge is 0.275 e. The largest absolute Gasteiger partial charge is 0.344 e. The summed E-state index contributed by atoms with van der Waals surface area (Å²) in [4.78, 5) is 11.9. The SMILES string of the molecule is CC12CCC(=O)C=C1CCC1C2CCC2(C)C(CC(O)(O)O)CCC12. The van der Waals surface area contributed by atoms with Crippen molar-refractivity contribution in [3.63, 3.8) is 0 Å². The van der Waals surface area contributed by atoms with Gasteiger partial charge in [-0.15, -0.1) is 0 Å². The normalized spacial score (nSPS) is 46.9. The van der Waals surface area contributed by atoms with Crippen molar-refractivity contribution in [3.8, 4) is 0 Å². The molecule has 4 rings (SSSR count). The number of allylic oxidation sites excluding steroid dienone is 1. The van der Waals surface area contributed by atoms with E-state index in [0.29, 0.717) is 30.0 Å². The van der Waals surface area contributed by atoms with Crippen LogP contribution in [0.5, 0.6) is 0 Å². The van der Waals surface area contributed by atoms with Gasteiger partial charge in [0.05, 0.1) is 0 Å². The van der Waals surface area contributed by atoms with Crippen molar-refractivity contribution in [1.82, 2.24) is 0 Å². The van der Waals surface area contributed by atoms with E-state index >= 15 is 0 Å². The van der Waals surface area contributed by atoms with Gasteiger partial charge in [0, 0.05) is 12.8 Å². The fourth-order valence-electron chi connectivity index (χ4n) is 7.33. The molecule has 3 fully saturated rings.